The minimum atomic E-state index is -4.44. The summed E-state index contributed by atoms with van der Waals surface area (Å²) in [7, 11) is 0. The van der Waals surface area contributed by atoms with Gasteiger partial charge in [0.25, 0.3) is 0 Å². The molecule has 7 heteroatoms. The largest absolute Gasteiger partial charge is 0.418 e. The van der Waals surface area contributed by atoms with Crippen LogP contribution in [0.5, 0.6) is 0 Å². The van der Waals surface area contributed by atoms with Crippen molar-refractivity contribution in [3.8, 4) is 0 Å². The van der Waals surface area contributed by atoms with Gasteiger partial charge >= 0.3 is 6.18 Å². The highest BCUT2D eigenvalue weighted by Gasteiger charge is 2.35. The molecule has 0 aromatic heterocycles. The van der Waals surface area contributed by atoms with Crippen molar-refractivity contribution in [2.24, 2.45) is 5.73 Å². The van der Waals surface area contributed by atoms with Crippen LogP contribution in [0, 0.1) is 0 Å². The Labute approximate surface area is 114 Å². The maximum Gasteiger partial charge on any atom is 0.418 e. The number of carbonyl (C=O) groups is 1. The number of nitrogens with one attached hydrogen (secondary N) is 1. The number of halogens is 3. The second-order valence-electron chi connectivity index (χ2n) is 4.64. The number of benzene rings is 1. The van der Waals surface area contributed by atoms with E-state index in [1.807, 2.05) is 0 Å². The van der Waals surface area contributed by atoms with E-state index in [9.17, 15) is 18.0 Å². The van der Waals surface area contributed by atoms with E-state index in [1.54, 1.807) is 11.0 Å². The molecule has 1 heterocycles. The van der Waals surface area contributed by atoms with E-state index in [-0.39, 0.29) is 31.1 Å². The van der Waals surface area contributed by atoms with E-state index in [0.717, 1.165) is 6.07 Å². The van der Waals surface area contributed by atoms with E-state index in [0.29, 0.717) is 18.7 Å². The van der Waals surface area contributed by atoms with Crippen LogP contribution in [0.25, 0.3) is 0 Å². The minimum Gasteiger partial charge on any atom is -0.369 e. The van der Waals surface area contributed by atoms with Gasteiger partial charge in [0.15, 0.2) is 0 Å². The summed E-state index contributed by atoms with van der Waals surface area (Å²) in [4.78, 5) is 12.9. The Kier molecular flexibility index (Phi) is 4.17. The Morgan fingerprint density at radius 1 is 1.30 bits per heavy atom. The molecular formula is C13H16F3N3O. The normalized spacial score (nSPS) is 16.8. The van der Waals surface area contributed by atoms with Crippen LogP contribution in [0.2, 0.25) is 0 Å². The van der Waals surface area contributed by atoms with Crippen molar-refractivity contribution in [3.05, 3.63) is 29.3 Å². The molecule has 0 unspecified atom stereocenters. The molecular weight excluding hydrogens is 271 g/mol. The molecule has 0 spiro atoms. The molecule has 0 bridgehead atoms. The average Bonchev–Trinajstić information content (AvgIpc) is 2.62. The summed E-state index contributed by atoms with van der Waals surface area (Å²) in [5.41, 5.74) is 5.24. The van der Waals surface area contributed by atoms with E-state index < -0.39 is 11.7 Å². The van der Waals surface area contributed by atoms with E-state index >= 15 is 0 Å². The summed E-state index contributed by atoms with van der Waals surface area (Å²) in [6, 6.07) is 4.10. The fourth-order valence-electron chi connectivity index (χ4n) is 2.22. The molecule has 4 nitrogen and oxygen atoms in total. The molecule has 20 heavy (non-hydrogen) atoms. The third-order valence-electron chi connectivity index (χ3n) is 3.26. The zero-order valence-corrected chi connectivity index (χ0v) is 10.8. The van der Waals surface area contributed by atoms with Gasteiger partial charge < -0.3 is 16.0 Å². The number of hydrogen-bond acceptors (Lipinski definition) is 3. The highest BCUT2D eigenvalue weighted by Crippen LogP contribution is 2.37. The number of carbonyl (C=O) groups excluding carboxylic acids is 1. The summed E-state index contributed by atoms with van der Waals surface area (Å²) >= 11 is 0. The van der Waals surface area contributed by atoms with Crippen LogP contribution in [0.3, 0.4) is 0 Å². The van der Waals surface area contributed by atoms with Gasteiger partial charge in [0.1, 0.15) is 0 Å². The molecule has 3 N–H and O–H groups in total. The van der Waals surface area contributed by atoms with Crippen LogP contribution in [0.15, 0.2) is 18.2 Å². The van der Waals surface area contributed by atoms with Gasteiger partial charge in [0.05, 0.1) is 5.56 Å². The monoisotopic (exact) mass is 287 g/mol. The van der Waals surface area contributed by atoms with E-state index in [4.69, 9.17) is 5.73 Å². The van der Waals surface area contributed by atoms with E-state index in [1.165, 1.54) is 6.07 Å². The lowest BCUT2D eigenvalue weighted by molar-refractivity contribution is -0.137. The van der Waals surface area contributed by atoms with Gasteiger partial charge in [-0.1, -0.05) is 6.07 Å². The highest BCUT2D eigenvalue weighted by atomic mass is 19.4. The lowest BCUT2D eigenvalue weighted by atomic mass is 10.1. The fourth-order valence-corrected chi connectivity index (χ4v) is 2.22. The van der Waals surface area contributed by atoms with Crippen molar-refractivity contribution in [3.63, 3.8) is 0 Å². The molecule has 1 aliphatic rings. The predicted octanol–water partition coefficient (Wildman–Crippen LogP) is 1.49. The molecule has 1 aromatic rings. The first-order valence-corrected chi connectivity index (χ1v) is 6.33. The van der Waals surface area contributed by atoms with Crippen LogP contribution in [0.4, 0.5) is 18.9 Å². The number of alkyl halides is 3. The van der Waals surface area contributed by atoms with Crippen LogP contribution in [-0.2, 0) is 17.5 Å². The molecule has 0 radical (unpaired) electrons. The molecule has 1 saturated heterocycles. The summed E-state index contributed by atoms with van der Waals surface area (Å²) in [6.45, 7) is 1.03. The van der Waals surface area contributed by atoms with Crippen molar-refractivity contribution in [1.29, 1.82) is 0 Å². The van der Waals surface area contributed by atoms with Crippen LogP contribution < -0.4 is 16.0 Å². The van der Waals surface area contributed by atoms with Crippen molar-refractivity contribution >= 4 is 11.6 Å². The maximum atomic E-state index is 13.1. The molecule has 2 rings (SSSR count). The fraction of sp³-hybridized carbons (Fsp3) is 0.462. The van der Waals surface area contributed by atoms with Crippen LogP contribution in [0.1, 0.15) is 17.5 Å². The van der Waals surface area contributed by atoms with E-state index in [2.05, 4.69) is 5.32 Å². The number of amides is 1. The topological polar surface area (TPSA) is 58.4 Å². The summed E-state index contributed by atoms with van der Waals surface area (Å²) in [6.07, 6.45) is -4.25. The average molecular weight is 287 g/mol. The van der Waals surface area contributed by atoms with Crippen molar-refractivity contribution < 1.29 is 18.0 Å². The molecule has 110 valence electrons. The first kappa shape index (κ1) is 14.6. The molecule has 0 saturated carbocycles. The zero-order chi connectivity index (χ0) is 14.8. The van der Waals surface area contributed by atoms with Gasteiger partial charge in [-0.2, -0.15) is 13.2 Å². The Morgan fingerprint density at radius 2 is 2.05 bits per heavy atom. The van der Waals surface area contributed by atoms with Crippen LogP contribution >= 0.6 is 0 Å². The SMILES string of the molecule is NCc1ccc(N2CCNC(=O)CC2)c(C(F)(F)F)c1. The number of anilines is 1. The second kappa shape index (κ2) is 5.70. The quantitative estimate of drug-likeness (QED) is 0.866. The molecule has 1 aliphatic heterocycles. The molecule has 1 fully saturated rings. The van der Waals surface area contributed by atoms with Crippen molar-refractivity contribution in [2.75, 3.05) is 24.5 Å². The van der Waals surface area contributed by atoms with Gasteiger partial charge in [-0.3, -0.25) is 4.79 Å². The lowest BCUT2D eigenvalue weighted by Crippen LogP contribution is -2.30. The Hall–Kier alpha value is -1.76. The predicted molar refractivity (Wildman–Crippen MR) is 69.2 cm³/mol. The Balaban J connectivity index is 2.37. The first-order valence-electron chi connectivity index (χ1n) is 6.33. The molecule has 1 aromatic carbocycles. The summed E-state index contributed by atoms with van der Waals surface area (Å²) < 4.78 is 39.4. The van der Waals surface area contributed by atoms with Gasteiger partial charge in [-0.15, -0.1) is 0 Å². The highest BCUT2D eigenvalue weighted by molar-refractivity contribution is 5.77. The standard InChI is InChI=1S/C13H16F3N3O/c14-13(15,16)10-7-9(8-17)1-2-11(10)19-5-3-12(20)18-4-6-19/h1-2,7H,3-6,8,17H2,(H,18,20). The number of nitrogens with two attached hydrogens (primary N) is 1. The maximum absolute atomic E-state index is 13.1. The van der Waals surface area contributed by atoms with Gasteiger partial charge in [-0.25, -0.2) is 0 Å². The number of nitrogens with zero attached hydrogens (tertiary/aromatic N) is 1. The summed E-state index contributed by atoms with van der Waals surface area (Å²) in [5, 5.41) is 2.64. The number of hydrogen-bond donors (Lipinski definition) is 2. The molecule has 1 amide bonds. The lowest BCUT2D eigenvalue weighted by Gasteiger charge is -2.26. The van der Waals surface area contributed by atoms with Crippen molar-refractivity contribution in [1.82, 2.24) is 5.32 Å². The first-order chi connectivity index (χ1) is 9.41. The second-order valence-corrected chi connectivity index (χ2v) is 4.64. The van der Waals surface area contributed by atoms with Crippen LogP contribution in [-0.4, -0.2) is 25.5 Å². The minimum absolute atomic E-state index is 0.0589. The van der Waals surface area contributed by atoms with Crippen molar-refractivity contribution in [2.45, 2.75) is 19.1 Å². The molecule has 0 aliphatic carbocycles. The third kappa shape index (κ3) is 3.22. The zero-order valence-electron chi connectivity index (χ0n) is 10.8. The van der Waals surface area contributed by atoms with Gasteiger partial charge in [-0.05, 0) is 17.7 Å². The third-order valence-corrected chi connectivity index (χ3v) is 3.26. The van der Waals surface area contributed by atoms with Gasteiger partial charge in [0.2, 0.25) is 5.91 Å². The number of rotatable bonds is 2. The Bertz CT molecular complexity index is 502. The van der Waals surface area contributed by atoms with Gasteiger partial charge in [0, 0.05) is 38.3 Å². The Morgan fingerprint density at radius 3 is 2.70 bits per heavy atom. The summed E-state index contributed by atoms with van der Waals surface area (Å²) in [5.74, 6) is -0.139. The molecule has 0 atom stereocenters. The smallest absolute Gasteiger partial charge is 0.369 e.